The van der Waals surface area contributed by atoms with Gasteiger partial charge in [-0.3, -0.25) is 19.4 Å². The van der Waals surface area contributed by atoms with E-state index in [-0.39, 0.29) is 13.0 Å². The van der Waals surface area contributed by atoms with Crippen molar-refractivity contribution in [1.29, 1.82) is 0 Å². The summed E-state index contributed by atoms with van der Waals surface area (Å²) >= 11 is 0. The van der Waals surface area contributed by atoms with Gasteiger partial charge in [0.1, 0.15) is 17.9 Å². The molecule has 0 bridgehead atoms. The minimum Gasteiger partial charge on any atom is -0.469 e. The van der Waals surface area contributed by atoms with Gasteiger partial charge in [-0.1, -0.05) is 30.3 Å². The van der Waals surface area contributed by atoms with Gasteiger partial charge in [-0.25, -0.2) is 9.59 Å². The van der Waals surface area contributed by atoms with Crippen LogP contribution in [0.25, 0.3) is 0 Å². The highest BCUT2D eigenvalue weighted by Gasteiger charge is 2.76. The van der Waals surface area contributed by atoms with Gasteiger partial charge >= 0.3 is 23.9 Å². The van der Waals surface area contributed by atoms with E-state index >= 15 is 0 Å². The molecule has 0 aromatic heterocycles. The van der Waals surface area contributed by atoms with Crippen LogP contribution in [0.5, 0.6) is 0 Å². The van der Waals surface area contributed by atoms with Gasteiger partial charge in [-0.05, 0) is 12.5 Å². The molecule has 3 fully saturated rings. The number of nitrogens with zero attached hydrogens (tertiary/aromatic N) is 2. The van der Waals surface area contributed by atoms with Crippen molar-refractivity contribution in [3.05, 3.63) is 35.9 Å². The molecule has 0 aliphatic carbocycles. The van der Waals surface area contributed by atoms with E-state index < -0.39 is 71.6 Å². The first kappa shape index (κ1) is 27.5. The second kappa shape index (κ2) is 10.7. The van der Waals surface area contributed by atoms with Crippen molar-refractivity contribution >= 4 is 29.8 Å². The molecule has 7 atom stereocenters. The largest absolute Gasteiger partial charge is 0.469 e. The number of carbonyl (C=O) groups is 5. The minimum atomic E-state index is -2.35. The van der Waals surface area contributed by atoms with Crippen LogP contribution in [0, 0.1) is 11.8 Å². The fourth-order valence-corrected chi connectivity index (χ4v) is 5.73. The second-order valence-corrected chi connectivity index (χ2v) is 9.14. The average molecular weight is 535 g/mol. The van der Waals surface area contributed by atoms with Crippen molar-refractivity contribution in [2.24, 2.45) is 11.8 Å². The molecule has 38 heavy (non-hydrogen) atoms. The number of hydrogen-bond donors (Lipinski definition) is 0. The number of hydrogen-bond acceptors (Lipinski definition) is 12. The third-order valence-corrected chi connectivity index (χ3v) is 7.25. The highest BCUT2D eigenvalue weighted by Crippen LogP contribution is 2.52. The minimum absolute atomic E-state index is 0.161. The van der Waals surface area contributed by atoms with Crippen molar-refractivity contribution in [2.75, 3.05) is 28.4 Å². The maximum atomic E-state index is 13.6. The van der Waals surface area contributed by atoms with Crippen LogP contribution in [0.2, 0.25) is 0 Å². The molecular formula is C25H30N2O11. The predicted molar refractivity (Wildman–Crippen MR) is 124 cm³/mol. The highest BCUT2D eigenvalue weighted by atomic mass is 16.6. The molecule has 206 valence electrons. The third kappa shape index (κ3) is 4.10. The number of methoxy groups -OCH3 is 4. The Labute approximate surface area is 218 Å². The molecule has 0 saturated carbocycles. The molecule has 0 unspecified atom stereocenters. The summed E-state index contributed by atoms with van der Waals surface area (Å²) in [6.07, 6.45) is -1.86. The summed E-state index contributed by atoms with van der Waals surface area (Å²) in [7, 11) is 4.26. The predicted octanol–water partition coefficient (Wildman–Crippen LogP) is -0.189. The summed E-state index contributed by atoms with van der Waals surface area (Å²) in [6, 6.07) is 6.76. The lowest BCUT2D eigenvalue weighted by Crippen LogP contribution is -2.82. The van der Waals surface area contributed by atoms with E-state index in [1.54, 1.807) is 6.92 Å². The van der Waals surface area contributed by atoms with E-state index in [9.17, 15) is 24.0 Å². The van der Waals surface area contributed by atoms with Crippen molar-refractivity contribution in [2.45, 2.75) is 50.0 Å². The summed E-state index contributed by atoms with van der Waals surface area (Å²) in [4.78, 5) is 66.6. The summed E-state index contributed by atoms with van der Waals surface area (Å²) in [5, 5.41) is 2.14. The van der Waals surface area contributed by atoms with E-state index in [1.807, 2.05) is 30.3 Å². The topological polar surface area (TPSA) is 147 Å². The molecule has 0 N–H and O–H groups in total. The summed E-state index contributed by atoms with van der Waals surface area (Å²) in [6.45, 7) is 1.79. The van der Waals surface area contributed by atoms with Crippen LogP contribution >= 0.6 is 0 Å². The number of esters is 4. The number of rotatable bonds is 7. The van der Waals surface area contributed by atoms with Crippen LogP contribution in [-0.4, -0.2) is 98.3 Å². The Morgan fingerprint density at radius 3 is 2.16 bits per heavy atom. The Hall–Kier alpha value is -3.55. The molecule has 13 nitrogen and oxygen atoms in total. The van der Waals surface area contributed by atoms with Crippen LogP contribution in [-0.2, 0) is 59.0 Å². The first-order valence-corrected chi connectivity index (χ1v) is 11.9. The molecule has 1 aromatic rings. The Morgan fingerprint density at radius 1 is 0.947 bits per heavy atom. The van der Waals surface area contributed by atoms with Gasteiger partial charge in [0.05, 0.1) is 47.2 Å². The van der Waals surface area contributed by atoms with Crippen molar-refractivity contribution in [3.63, 3.8) is 0 Å². The molecular weight excluding hydrogens is 504 g/mol. The average Bonchev–Trinajstić information content (AvgIpc) is 3.28. The molecule has 1 aromatic carbocycles. The van der Waals surface area contributed by atoms with Gasteiger partial charge in [-0.15, -0.1) is 0 Å². The standard InChI is InChI=1S/C25H30N2O11/c1-13-20(37-12-14-9-7-6-8-10-14)15-11-16(28)26-19(23(31)35-4)17(21(29)33-2)18(22(30)34-3)25(38-13,27(15)26)24(32)36-5/h6-10,13,15,17-20H,11-12H2,1-5H3/t13-,15+,17+,18-,19-,20-,25-/m0/s1. The first-order valence-electron chi connectivity index (χ1n) is 11.9. The molecule has 3 aliphatic rings. The van der Waals surface area contributed by atoms with Gasteiger partial charge in [0.25, 0.3) is 5.72 Å². The molecule has 3 aliphatic heterocycles. The SMILES string of the molecule is COC(=O)[C@H]1[C@@H](C(=O)OC)N2C(=O)C[C@@H]3[C@@H](OCc4ccccc4)[C@H](C)O[C@](C(=O)OC)([C@@H]1C(=O)OC)N32. The zero-order valence-electron chi connectivity index (χ0n) is 21.7. The van der Waals surface area contributed by atoms with E-state index in [2.05, 4.69) is 0 Å². The highest BCUT2D eigenvalue weighted by molar-refractivity contribution is 5.98. The summed E-state index contributed by atoms with van der Waals surface area (Å²) in [5.74, 6) is -8.25. The Kier molecular flexibility index (Phi) is 7.72. The molecule has 0 radical (unpaired) electrons. The summed E-state index contributed by atoms with van der Waals surface area (Å²) in [5.41, 5.74) is -1.50. The molecule has 3 heterocycles. The van der Waals surface area contributed by atoms with E-state index in [4.69, 9.17) is 28.4 Å². The molecule has 0 spiro atoms. The maximum absolute atomic E-state index is 13.6. The van der Waals surface area contributed by atoms with Gasteiger partial charge in [0.2, 0.25) is 5.91 Å². The number of ether oxygens (including phenoxy) is 6. The lowest BCUT2D eigenvalue weighted by atomic mass is 9.74. The van der Waals surface area contributed by atoms with Crippen LogP contribution in [0.4, 0.5) is 0 Å². The second-order valence-electron chi connectivity index (χ2n) is 9.14. The maximum Gasteiger partial charge on any atom is 0.356 e. The lowest BCUT2D eigenvalue weighted by Gasteiger charge is -2.59. The van der Waals surface area contributed by atoms with Crippen LogP contribution < -0.4 is 0 Å². The Morgan fingerprint density at radius 2 is 1.58 bits per heavy atom. The van der Waals surface area contributed by atoms with Crippen LogP contribution in [0.3, 0.4) is 0 Å². The monoisotopic (exact) mass is 534 g/mol. The molecule has 1 amide bonds. The molecule has 4 rings (SSSR count). The van der Waals surface area contributed by atoms with Gasteiger partial charge in [0.15, 0.2) is 6.04 Å². The molecule has 13 heteroatoms. The van der Waals surface area contributed by atoms with Crippen molar-refractivity contribution < 1.29 is 52.4 Å². The summed E-state index contributed by atoms with van der Waals surface area (Å²) < 4.78 is 32.3. The fraction of sp³-hybridized carbons (Fsp3) is 0.560. The van der Waals surface area contributed by atoms with Gasteiger partial charge < -0.3 is 28.4 Å². The number of amides is 1. The zero-order valence-corrected chi connectivity index (χ0v) is 21.7. The van der Waals surface area contributed by atoms with Crippen molar-refractivity contribution in [3.8, 4) is 0 Å². The quantitative estimate of drug-likeness (QED) is 0.337. The number of benzene rings is 1. The molecule has 3 saturated heterocycles. The first-order chi connectivity index (χ1) is 18.2. The number of hydrazine groups is 1. The van der Waals surface area contributed by atoms with Crippen LogP contribution in [0.1, 0.15) is 18.9 Å². The third-order valence-electron chi connectivity index (χ3n) is 7.25. The Balaban J connectivity index is 1.90. The normalized spacial score (nSPS) is 32.2. The fourth-order valence-electron chi connectivity index (χ4n) is 5.73. The van der Waals surface area contributed by atoms with Gasteiger partial charge in [-0.2, -0.15) is 5.01 Å². The van der Waals surface area contributed by atoms with Gasteiger partial charge in [0, 0.05) is 6.42 Å². The lowest BCUT2D eigenvalue weighted by molar-refractivity contribution is -0.350. The van der Waals surface area contributed by atoms with E-state index in [1.165, 1.54) is 5.01 Å². The Bertz CT molecular complexity index is 1110. The van der Waals surface area contributed by atoms with Crippen LogP contribution in [0.15, 0.2) is 30.3 Å². The van der Waals surface area contributed by atoms with E-state index in [0.29, 0.717) is 0 Å². The zero-order chi connectivity index (χ0) is 27.8. The number of carbonyl (C=O) groups excluding carboxylic acids is 5. The smallest absolute Gasteiger partial charge is 0.356 e. The van der Waals surface area contributed by atoms with E-state index in [0.717, 1.165) is 39.0 Å². The van der Waals surface area contributed by atoms with Crippen molar-refractivity contribution in [1.82, 2.24) is 10.0 Å².